The number of nitrogens with zero attached hydrogens (tertiary/aromatic N) is 1. The standard InChI is InChI=1S/C16H18N2O3/c1-17-12-13-5-4-7-15(11-13)21-10-9-14-6-2-3-8-16(14)18(19)20/h2-8,11,17H,9-10,12H2,1H3. The Morgan fingerprint density at radius 2 is 2.00 bits per heavy atom. The van der Waals surface area contributed by atoms with Gasteiger partial charge in [-0.05, 0) is 24.7 Å². The van der Waals surface area contributed by atoms with Crippen molar-refractivity contribution in [2.45, 2.75) is 13.0 Å². The van der Waals surface area contributed by atoms with E-state index in [2.05, 4.69) is 5.32 Å². The summed E-state index contributed by atoms with van der Waals surface area (Å²) in [5.74, 6) is 0.779. The summed E-state index contributed by atoms with van der Waals surface area (Å²) in [5.41, 5.74) is 1.97. The zero-order chi connectivity index (χ0) is 15.1. The van der Waals surface area contributed by atoms with Crippen LogP contribution in [0.1, 0.15) is 11.1 Å². The highest BCUT2D eigenvalue weighted by molar-refractivity contribution is 5.40. The Balaban J connectivity index is 1.95. The maximum Gasteiger partial charge on any atom is 0.272 e. The van der Waals surface area contributed by atoms with Gasteiger partial charge >= 0.3 is 0 Å². The molecule has 0 aliphatic carbocycles. The van der Waals surface area contributed by atoms with E-state index in [0.29, 0.717) is 18.6 Å². The van der Waals surface area contributed by atoms with Crippen LogP contribution in [0.2, 0.25) is 0 Å². The van der Waals surface area contributed by atoms with Crippen molar-refractivity contribution < 1.29 is 9.66 Å². The van der Waals surface area contributed by atoms with Gasteiger partial charge in [0.15, 0.2) is 0 Å². The lowest BCUT2D eigenvalue weighted by molar-refractivity contribution is -0.385. The molecule has 2 aromatic carbocycles. The van der Waals surface area contributed by atoms with Crippen molar-refractivity contribution in [3.05, 3.63) is 69.8 Å². The van der Waals surface area contributed by atoms with E-state index in [0.717, 1.165) is 17.9 Å². The number of nitro benzene ring substituents is 1. The van der Waals surface area contributed by atoms with Crippen LogP contribution < -0.4 is 10.1 Å². The highest BCUT2D eigenvalue weighted by atomic mass is 16.6. The number of nitro groups is 1. The molecule has 0 fully saturated rings. The van der Waals surface area contributed by atoms with Crippen LogP contribution in [0.15, 0.2) is 48.5 Å². The minimum Gasteiger partial charge on any atom is -0.493 e. The van der Waals surface area contributed by atoms with Crippen LogP contribution in [0, 0.1) is 10.1 Å². The SMILES string of the molecule is CNCc1cccc(OCCc2ccccc2[N+](=O)[O-])c1. The summed E-state index contributed by atoms with van der Waals surface area (Å²) < 4.78 is 5.68. The maximum absolute atomic E-state index is 10.9. The molecule has 0 heterocycles. The summed E-state index contributed by atoms with van der Waals surface area (Å²) in [6, 6.07) is 14.6. The summed E-state index contributed by atoms with van der Waals surface area (Å²) in [6.45, 7) is 1.19. The van der Waals surface area contributed by atoms with Crippen LogP contribution >= 0.6 is 0 Å². The van der Waals surface area contributed by atoms with Crippen molar-refractivity contribution in [3.8, 4) is 5.75 Å². The number of hydrogen-bond donors (Lipinski definition) is 1. The van der Waals surface area contributed by atoms with Crippen LogP contribution in [0.4, 0.5) is 5.69 Å². The predicted molar refractivity (Wildman–Crippen MR) is 81.5 cm³/mol. The Morgan fingerprint density at radius 1 is 1.19 bits per heavy atom. The number of para-hydroxylation sites is 1. The number of benzene rings is 2. The first kappa shape index (κ1) is 15.0. The van der Waals surface area contributed by atoms with E-state index in [1.165, 1.54) is 6.07 Å². The van der Waals surface area contributed by atoms with Gasteiger partial charge in [0.1, 0.15) is 5.75 Å². The number of rotatable bonds is 7. The summed E-state index contributed by atoms with van der Waals surface area (Å²) in [4.78, 5) is 10.6. The van der Waals surface area contributed by atoms with E-state index in [1.807, 2.05) is 31.3 Å². The monoisotopic (exact) mass is 286 g/mol. The largest absolute Gasteiger partial charge is 0.493 e. The topological polar surface area (TPSA) is 64.4 Å². The van der Waals surface area contributed by atoms with Crippen LogP contribution in [-0.4, -0.2) is 18.6 Å². The van der Waals surface area contributed by atoms with Crippen molar-refractivity contribution in [2.24, 2.45) is 0 Å². The fraction of sp³-hybridized carbons (Fsp3) is 0.250. The second kappa shape index (κ2) is 7.40. The van der Waals surface area contributed by atoms with Gasteiger partial charge in [-0.3, -0.25) is 10.1 Å². The van der Waals surface area contributed by atoms with Gasteiger partial charge in [-0.1, -0.05) is 30.3 Å². The minimum atomic E-state index is -0.358. The number of nitrogens with one attached hydrogen (secondary N) is 1. The lowest BCUT2D eigenvalue weighted by atomic mass is 10.1. The van der Waals surface area contributed by atoms with E-state index in [-0.39, 0.29) is 10.6 Å². The fourth-order valence-corrected chi connectivity index (χ4v) is 2.13. The van der Waals surface area contributed by atoms with E-state index in [9.17, 15) is 10.1 Å². The van der Waals surface area contributed by atoms with E-state index >= 15 is 0 Å². The van der Waals surface area contributed by atoms with Crippen molar-refractivity contribution in [3.63, 3.8) is 0 Å². The lowest BCUT2D eigenvalue weighted by Crippen LogP contribution is -2.06. The van der Waals surface area contributed by atoms with Gasteiger partial charge in [0, 0.05) is 24.6 Å². The quantitative estimate of drug-likeness (QED) is 0.628. The number of hydrogen-bond acceptors (Lipinski definition) is 4. The molecule has 5 heteroatoms. The van der Waals surface area contributed by atoms with E-state index in [1.54, 1.807) is 18.2 Å². The molecule has 0 bridgehead atoms. The molecule has 0 radical (unpaired) electrons. The van der Waals surface area contributed by atoms with Gasteiger partial charge in [0.05, 0.1) is 11.5 Å². The van der Waals surface area contributed by atoms with Crippen molar-refractivity contribution in [1.29, 1.82) is 0 Å². The second-order valence-electron chi connectivity index (χ2n) is 4.66. The van der Waals surface area contributed by atoms with E-state index in [4.69, 9.17) is 4.74 Å². The molecule has 21 heavy (non-hydrogen) atoms. The summed E-state index contributed by atoms with van der Waals surface area (Å²) in [5, 5.41) is 14.0. The minimum absolute atomic E-state index is 0.144. The summed E-state index contributed by atoms with van der Waals surface area (Å²) >= 11 is 0. The molecule has 0 saturated carbocycles. The summed E-state index contributed by atoms with van der Waals surface area (Å²) in [6.07, 6.45) is 0.507. The molecular weight excluding hydrogens is 268 g/mol. The first-order valence-electron chi connectivity index (χ1n) is 6.79. The van der Waals surface area contributed by atoms with E-state index < -0.39 is 0 Å². The predicted octanol–water partition coefficient (Wildman–Crippen LogP) is 2.94. The second-order valence-corrected chi connectivity index (χ2v) is 4.66. The van der Waals surface area contributed by atoms with Crippen molar-refractivity contribution >= 4 is 5.69 Å². The smallest absolute Gasteiger partial charge is 0.272 e. The number of ether oxygens (including phenoxy) is 1. The van der Waals surface area contributed by atoms with Gasteiger partial charge < -0.3 is 10.1 Å². The Bertz CT molecular complexity index is 614. The lowest BCUT2D eigenvalue weighted by Gasteiger charge is -2.08. The fourth-order valence-electron chi connectivity index (χ4n) is 2.13. The molecular formula is C16H18N2O3. The average Bonchev–Trinajstić information content (AvgIpc) is 2.48. The molecule has 0 unspecified atom stereocenters. The third-order valence-electron chi connectivity index (χ3n) is 3.11. The van der Waals surface area contributed by atoms with Gasteiger partial charge in [-0.2, -0.15) is 0 Å². The Labute approximate surface area is 123 Å². The average molecular weight is 286 g/mol. The molecule has 0 atom stereocenters. The maximum atomic E-state index is 10.9. The molecule has 5 nitrogen and oxygen atoms in total. The zero-order valence-electron chi connectivity index (χ0n) is 11.9. The van der Waals surface area contributed by atoms with Crippen LogP contribution in [-0.2, 0) is 13.0 Å². The van der Waals surface area contributed by atoms with Gasteiger partial charge in [-0.25, -0.2) is 0 Å². The first-order chi connectivity index (χ1) is 10.2. The molecule has 110 valence electrons. The highest BCUT2D eigenvalue weighted by Crippen LogP contribution is 2.19. The van der Waals surface area contributed by atoms with Gasteiger partial charge in [-0.15, -0.1) is 0 Å². The third kappa shape index (κ3) is 4.29. The Morgan fingerprint density at radius 3 is 2.76 bits per heavy atom. The molecule has 2 aromatic rings. The molecule has 1 N–H and O–H groups in total. The third-order valence-corrected chi connectivity index (χ3v) is 3.11. The van der Waals surface area contributed by atoms with Crippen molar-refractivity contribution in [1.82, 2.24) is 5.32 Å². The van der Waals surface area contributed by atoms with Crippen LogP contribution in [0.3, 0.4) is 0 Å². The molecule has 0 aliphatic rings. The molecule has 0 aromatic heterocycles. The molecule has 0 amide bonds. The zero-order valence-corrected chi connectivity index (χ0v) is 11.9. The van der Waals surface area contributed by atoms with Crippen molar-refractivity contribution in [2.75, 3.05) is 13.7 Å². The van der Waals surface area contributed by atoms with Crippen LogP contribution in [0.5, 0.6) is 5.75 Å². The highest BCUT2D eigenvalue weighted by Gasteiger charge is 2.11. The molecule has 0 saturated heterocycles. The Kier molecular flexibility index (Phi) is 5.29. The summed E-state index contributed by atoms with van der Waals surface area (Å²) in [7, 11) is 1.89. The van der Waals surface area contributed by atoms with Gasteiger partial charge in [0.25, 0.3) is 5.69 Å². The molecule has 0 spiro atoms. The Hall–Kier alpha value is -2.40. The molecule has 0 aliphatic heterocycles. The first-order valence-corrected chi connectivity index (χ1v) is 6.79. The molecule has 2 rings (SSSR count). The normalized spacial score (nSPS) is 10.3. The van der Waals surface area contributed by atoms with Gasteiger partial charge in [0.2, 0.25) is 0 Å². The van der Waals surface area contributed by atoms with Crippen LogP contribution in [0.25, 0.3) is 0 Å².